The van der Waals surface area contributed by atoms with Crippen molar-refractivity contribution in [2.24, 2.45) is 0 Å². The van der Waals surface area contributed by atoms with Crippen molar-refractivity contribution in [3.63, 3.8) is 0 Å². The van der Waals surface area contributed by atoms with Crippen molar-refractivity contribution in [1.82, 2.24) is 4.57 Å². The Labute approximate surface area is 323 Å². The monoisotopic (exact) mass is 727 g/mol. The fraction of sp³-hybridized carbons (Fsp3) is 0.125. The van der Waals surface area contributed by atoms with E-state index >= 15 is 0 Å². The molecule has 1 heterocycles. The van der Waals surface area contributed by atoms with Crippen LogP contribution in [0, 0.1) is 0 Å². The molecule has 0 atom stereocenters. The van der Waals surface area contributed by atoms with Crippen molar-refractivity contribution in [2.75, 3.05) is 38.2 Å². The molecule has 7 rings (SSSR count). The van der Waals surface area contributed by atoms with Gasteiger partial charge in [0, 0.05) is 63.0 Å². The average molecular weight is 728 g/mol. The van der Waals surface area contributed by atoms with E-state index in [0.717, 1.165) is 79.8 Å². The van der Waals surface area contributed by atoms with Crippen LogP contribution in [0.1, 0.15) is 12.5 Å². The molecular formula is C48H45N3O4. The van der Waals surface area contributed by atoms with Gasteiger partial charge in [-0.2, -0.15) is 0 Å². The van der Waals surface area contributed by atoms with Gasteiger partial charge in [-0.15, -0.1) is 0 Å². The largest absolute Gasteiger partial charge is 0.497 e. The smallest absolute Gasteiger partial charge is 0.119 e. The Kier molecular flexibility index (Phi) is 11.2. The third-order valence-corrected chi connectivity index (χ3v) is 9.63. The molecule has 0 aliphatic carbocycles. The lowest BCUT2D eigenvalue weighted by molar-refractivity contribution is 0.307. The minimum atomic E-state index is 0.734. The van der Waals surface area contributed by atoms with Crippen LogP contribution in [0.4, 0.5) is 28.4 Å². The first kappa shape index (κ1) is 36.5. The lowest BCUT2D eigenvalue weighted by Crippen LogP contribution is -2.10. The Morgan fingerprint density at radius 3 is 1.56 bits per heavy atom. The van der Waals surface area contributed by atoms with E-state index < -0.39 is 0 Å². The van der Waals surface area contributed by atoms with Gasteiger partial charge in [0.05, 0.1) is 28.4 Å². The molecule has 0 aliphatic heterocycles. The standard InChI is InChI=1S/C48H45N3O4/c1-6-11-41(52-2)14-10-31-49(36-15-23-42(53-3)24-16-36)39-21-29-47-45(32-39)46-33-40(22-30-48(46)50(47)34-35-12-8-7-9-13-35)51(37-17-25-43(54-4)26-18-37)38-19-27-44(55-5)28-20-38/h6-33H,34H2,1-5H3/b11-6-,31-10+,41-14+. The maximum atomic E-state index is 5.56. The first-order valence-corrected chi connectivity index (χ1v) is 18.2. The maximum absolute atomic E-state index is 5.56. The zero-order valence-corrected chi connectivity index (χ0v) is 31.8. The molecule has 0 N–H and O–H groups in total. The fourth-order valence-corrected chi connectivity index (χ4v) is 6.86. The number of anilines is 5. The minimum absolute atomic E-state index is 0.734. The van der Waals surface area contributed by atoms with Gasteiger partial charge in [0.15, 0.2) is 0 Å². The Hall–Kier alpha value is -6.86. The Balaban J connectivity index is 1.43. The number of nitrogens with zero attached hydrogens (tertiary/aromatic N) is 3. The molecule has 276 valence electrons. The molecule has 0 amide bonds. The summed E-state index contributed by atoms with van der Waals surface area (Å²) in [5.41, 5.74) is 8.58. The zero-order valence-electron chi connectivity index (χ0n) is 31.8. The van der Waals surface area contributed by atoms with Gasteiger partial charge >= 0.3 is 0 Å². The van der Waals surface area contributed by atoms with Crippen LogP contribution < -0.4 is 24.0 Å². The summed E-state index contributed by atoms with van der Waals surface area (Å²) in [7, 11) is 6.74. The number of rotatable bonds is 14. The van der Waals surface area contributed by atoms with E-state index in [2.05, 4.69) is 124 Å². The van der Waals surface area contributed by atoms with E-state index in [1.54, 1.807) is 28.4 Å². The van der Waals surface area contributed by atoms with Crippen molar-refractivity contribution in [3.05, 3.63) is 181 Å². The van der Waals surface area contributed by atoms with E-state index in [1.807, 2.05) is 67.6 Å². The molecule has 0 unspecified atom stereocenters. The number of hydrogen-bond donors (Lipinski definition) is 0. The Bertz CT molecular complexity index is 2400. The second-order valence-electron chi connectivity index (χ2n) is 12.9. The molecule has 0 fully saturated rings. The predicted octanol–water partition coefficient (Wildman–Crippen LogP) is 12.1. The molecule has 0 spiro atoms. The number of hydrogen-bond acceptors (Lipinski definition) is 6. The van der Waals surface area contributed by atoms with Gasteiger partial charge in [-0.05, 0) is 140 Å². The predicted molar refractivity (Wildman–Crippen MR) is 227 cm³/mol. The second-order valence-corrected chi connectivity index (χ2v) is 12.9. The van der Waals surface area contributed by atoms with Crippen molar-refractivity contribution in [2.45, 2.75) is 13.5 Å². The molecule has 0 radical (unpaired) electrons. The number of aromatic nitrogens is 1. The molecule has 6 aromatic carbocycles. The molecule has 7 aromatic rings. The van der Waals surface area contributed by atoms with Crippen LogP contribution in [-0.2, 0) is 11.3 Å². The maximum Gasteiger partial charge on any atom is 0.119 e. The number of ether oxygens (including phenoxy) is 4. The molecule has 0 saturated heterocycles. The summed E-state index contributed by atoms with van der Waals surface area (Å²) < 4.78 is 24.5. The topological polar surface area (TPSA) is 48.3 Å². The quantitative estimate of drug-likeness (QED) is 0.0821. The molecule has 1 aromatic heterocycles. The Morgan fingerprint density at radius 1 is 0.564 bits per heavy atom. The Morgan fingerprint density at radius 2 is 1.05 bits per heavy atom. The van der Waals surface area contributed by atoms with Crippen molar-refractivity contribution in [1.29, 1.82) is 0 Å². The molecular weight excluding hydrogens is 683 g/mol. The summed E-state index contributed by atoms with van der Waals surface area (Å²) in [6, 6.07) is 48.5. The van der Waals surface area contributed by atoms with Crippen molar-refractivity contribution in [3.8, 4) is 17.2 Å². The van der Waals surface area contributed by atoms with Gasteiger partial charge in [-0.25, -0.2) is 0 Å². The van der Waals surface area contributed by atoms with Crippen LogP contribution in [0.2, 0.25) is 0 Å². The van der Waals surface area contributed by atoms with Gasteiger partial charge in [0.2, 0.25) is 0 Å². The normalized spacial score (nSPS) is 11.8. The highest BCUT2D eigenvalue weighted by Gasteiger charge is 2.19. The summed E-state index contributed by atoms with van der Waals surface area (Å²) in [5.74, 6) is 3.17. The third-order valence-electron chi connectivity index (χ3n) is 9.63. The van der Waals surface area contributed by atoms with Gasteiger partial charge < -0.3 is 33.3 Å². The van der Waals surface area contributed by atoms with Gasteiger partial charge in [-0.3, -0.25) is 0 Å². The third kappa shape index (κ3) is 7.92. The van der Waals surface area contributed by atoms with E-state index in [4.69, 9.17) is 18.9 Å². The van der Waals surface area contributed by atoms with Crippen LogP contribution in [0.25, 0.3) is 21.8 Å². The van der Waals surface area contributed by atoms with Gasteiger partial charge in [-0.1, -0.05) is 36.4 Å². The van der Waals surface area contributed by atoms with E-state index in [-0.39, 0.29) is 0 Å². The fourth-order valence-electron chi connectivity index (χ4n) is 6.86. The van der Waals surface area contributed by atoms with Crippen LogP contribution in [0.15, 0.2) is 176 Å². The summed E-state index contributed by atoms with van der Waals surface area (Å²) >= 11 is 0. The number of fused-ring (bicyclic) bond motifs is 3. The highest BCUT2D eigenvalue weighted by Crippen LogP contribution is 2.41. The van der Waals surface area contributed by atoms with Crippen LogP contribution >= 0.6 is 0 Å². The average Bonchev–Trinajstić information content (AvgIpc) is 3.54. The highest BCUT2D eigenvalue weighted by molar-refractivity contribution is 6.11. The lowest BCUT2D eigenvalue weighted by atomic mass is 10.1. The van der Waals surface area contributed by atoms with Gasteiger partial charge in [0.25, 0.3) is 0 Å². The summed E-state index contributed by atoms with van der Waals surface area (Å²) in [4.78, 5) is 4.45. The summed E-state index contributed by atoms with van der Waals surface area (Å²) in [5, 5.41) is 2.29. The van der Waals surface area contributed by atoms with E-state index in [1.165, 1.54) is 5.56 Å². The van der Waals surface area contributed by atoms with Crippen molar-refractivity contribution < 1.29 is 18.9 Å². The number of benzene rings is 6. The molecule has 7 nitrogen and oxygen atoms in total. The highest BCUT2D eigenvalue weighted by atomic mass is 16.5. The molecule has 0 bridgehead atoms. The molecule has 0 saturated carbocycles. The number of allylic oxidation sites excluding steroid dienone is 4. The molecule has 7 heteroatoms. The van der Waals surface area contributed by atoms with Crippen LogP contribution in [0.3, 0.4) is 0 Å². The van der Waals surface area contributed by atoms with Crippen LogP contribution in [-0.4, -0.2) is 33.0 Å². The first-order chi connectivity index (χ1) is 27.0. The molecule has 0 aliphatic rings. The van der Waals surface area contributed by atoms with Gasteiger partial charge in [0.1, 0.15) is 23.0 Å². The first-order valence-electron chi connectivity index (χ1n) is 18.2. The van der Waals surface area contributed by atoms with E-state index in [0.29, 0.717) is 0 Å². The molecule has 55 heavy (non-hydrogen) atoms. The zero-order chi connectivity index (χ0) is 38.1. The lowest BCUT2D eigenvalue weighted by Gasteiger charge is -2.26. The van der Waals surface area contributed by atoms with Crippen molar-refractivity contribution >= 4 is 50.2 Å². The summed E-state index contributed by atoms with van der Waals surface area (Å²) in [6.45, 7) is 2.71. The number of methoxy groups -OCH3 is 4. The van der Waals surface area contributed by atoms with Crippen LogP contribution in [0.5, 0.6) is 17.2 Å². The SMILES string of the molecule is C\C=C/C(=C\C=C\N(c1ccc(OC)cc1)c1ccc2c(c1)c1cc(N(c3ccc(OC)cc3)c3ccc(OC)cc3)ccc1n2Cc1ccccc1)OC. The van der Waals surface area contributed by atoms with E-state index in [9.17, 15) is 0 Å². The second kappa shape index (κ2) is 16.9. The minimum Gasteiger partial charge on any atom is -0.497 e. The summed E-state index contributed by atoms with van der Waals surface area (Å²) in [6.07, 6.45) is 9.93.